The van der Waals surface area contributed by atoms with Crippen molar-refractivity contribution >= 4 is 23.3 Å². The number of furan rings is 1. The van der Waals surface area contributed by atoms with Crippen LogP contribution in [-0.2, 0) is 13.7 Å². The molecule has 0 saturated heterocycles. The highest BCUT2D eigenvalue weighted by Gasteiger charge is 2.16. The lowest BCUT2D eigenvalue weighted by atomic mass is 10.3. The molecule has 1 amide bonds. The molecule has 0 unspecified atom stereocenters. The molecule has 0 atom stereocenters. The lowest BCUT2D eigenvalue weighted by molar-refractivity contribution is 0.0991. The number of anilines is 1. The Labute approximate surface area is 148 Å². The Hall–Kier alpha value is -3.24. The zero-order chi connectivity index (χ0) is 17.8. The molecule has 2 aromatic heterocycles. The predicted octanol–water partition coefficient (Wildman–Crippen LogP) is 3.37. The molecule has 2 heterocycles. The van der Waals surface area contributed by atoms with Gasteiger partial charge in [-0.05, 0) is 36.4 Å². The third-order valence-electron chi connectivity index (χ3n) is 3.37. The van der Waals surface area contributed by atoms with Crippen molar-refractivity contribution in [3.05, 3.63) is 64.7 Å². The van der Waals surface area contributed by atoms with Crippen LogP contribution in [-0.4, -0.2) is 15.7 Å². The SMILES string of the molecule is Cn1ncc(C#N)c1NC(=O)c1ccc(COc2ccc(Cl)cc2)o1. The number of nitrogens with zero attached hydrogens (tertiary/aromatic N) is 3. The van der Waals surface area contributed by atoms with E-state index in [1.54, 1.807) is 37.4 Å². The van der Waals surface area contributed by atoms with Gasteiger partial charge in [0.2, 0.25) is 0 Å². The number of amides is 1. The minimum atomic E-state index is -0.474. The number of carbonyl (C=O) groups excluding carboxylic acids is 1. The topological polar surface area (TPSA) is 93.1 Å². The molecule has 0 aliphatic heterocycles. The summed E-state index contributed by atoms with van der Waals surface area (Å²) in [7, 11) is 1.63. The molecule has 8 heteroatoms. The van der Waals surface area contributed by atoms with Gasteiger partial charge in [0, 0.05) is 12.1 Å². The van der Waals surface area contributed by atoms with Gasteiger partial charge in [-0.15, -0.1) is 0 Å². The highest BCUT2D eigenvalue weighted by molar-refractivity contribution is 6.30. The molecule has 0 aliphatic carbocycles. The third-order valence-corrected chi connectivity index (χ3v) is 3.62. The summed E-state index contributed by atoms with van der Waals surface area (Å²) in [4.78, 5) is 12.2. The van der Waals surface area contributed by atoms with Crippen LogP contribution in [0.1, 0.15) is 21.9 Å². The number of nitrogens with one attached hydrogen (secondary N) is 1. The van der Waals surface area contributed by atoms with Gasteiger partial charge in [-0.1, -0.05) is 11.6 Å². The van der Waals surface area contributed by atoms with Crippen molar-refractivity contribution in [1.82, 2.24) is 9.78 Å². The summed E-state index contributed by atoms with van der Waals surface area (Å²) in [5.74, 6) is 1.08. The highest BCUT2D eigenvalue weighted by Crippen LogP contribution is 2.19. The quantitative estimate of drug-likeness (QED) is 0.756. The largest absolute Gasteiger partial charge is 0.486 e. The first-order valence-corrected chi connectivity index (χ1v) is 7.65. The summed E-state index contributed by atoms with van der Waals surface area (Å²) in [6.07, 6.45) is 1.38. The van der Waals surface area contributed by atoms with E-state index in [4.69, 9.17) is 26.0 Å². The van der Waals surface area contributed by atoms with Crippen molar-refractivity contribution in [2.24, 2.45) is 7.05 Å². The summed E-state index contributed by atoms with van der Waals surface area (Å²) >= 11 is 5.81. The second-order valence-corrected chi connectivity index (χ2v) is 5.54. The van der Waals surface area contributed by atoms with Crippen LogP contribution in [0.25, 0.3) is 0 Å². The lowest BCUT2D eigenvalue weighted by Gasteiger charge is -2.05. The Kier molecular flexibility index (Phi) is 4.73. The van der Waals surface area contributed by atoms with Crippen molar-refractivity contribution in [2.75, 3.05) is 5.32 Å². The van der Waals surface area contributed by atoms with Crippen LogP contribution >= 0.6 is 11.6 Å². The van der Waals surface area contributed by atoms with Gasteiger partial charge in [0.1, 0.15) is 35.6 Å². The molecule has 3 rings (SSSR count). The Morgan fingerprint density at radius 2 is 2.12 bits per heavy atom. The Morgan fingerprint density at radius 3 is 2.84 bits per heavy atom. The van der Waals surface area contributed by atoms with E-state index in [1.165, 1.54) is 16.9 Å². The van der Waals surface area contributed by atoms with Gasteiger partial charge in [-0.3, -0.25) is 9.48 Å². The van der Waals surface area contributed by atoms with Gasteiger partial charge < -0.3 is 14.5 Å². The maximum atomic E-state index is 12.2. The van der Waals surface area contributed by atoms with E-state index in [1.807, 2.05) is 6.07 Å². The molecule has 0 bridgehead atoms. The highest BCUT2D eigenvalue weighted by atomic mass is 35.5. The fourth-order valence-corrected chi connectivity index (χ4v) is 2.23. The smallest absolute Gasteiger partial charge is 0.292 e. The molecule has 126 valence electrons. The minimum absolute atomic E-state index is 0.111. The zero-order valence-electron chi connectivity index (χ0n) is 13.2. The first-order chi connectivity index (χ1) is 12.1. The Morgan fingerprint density at radius 1 is 1.36 bits per heavy atom. The summed E-state index contributed by atoms with van der Waals surface area (Å²) in [5, 5.41) is 16.2. The van der Waals surface area contributed by atoms with E-state index in [0.29, 0.717) is 22.4 Å². The molecular weight excluding hydrogens is 344 g/mol. The second kappa shape index (κ2) is 7.11. The van der Waals surface area contributed by atoms with E-state index < -0.39 is 5.91 Å². The fraction of sp³-hybridized carbons (Fsp3) is 0.118. The van der Waals surface area contributed by atoms with Crippen molar-refractivity contribution in [3.63, 3.8) is 0 Å². The van der Waals surface area contributed by atoms with Gasteiger partial charge in [-0.25, -0.2) is 0 Å². The van der Waals surface area contributed by atoms with Crippen LogP contribution in [0.5, 0.6) is 5.75 Å². The number of aromatic nitrogens is 2. The number of hydrogen-bond acceptors (Lipinski definition) is 5. The van der Waals surface area contributed by atoms with Crippen LogP contribution in [0.2, 0.25) is 5.02 Å². The van der Waals surface area contributed by atoms with Gasteiger partial charge in [0.05, 0.1) is 6.20 Å². The van der Waals surface area contributed by atoms with Crippen molar-refractivity contribution in [3.8, 4) is 11.8 Å². The standard InChI is InChI=1S/C17H13ClN4O3/c1-22-16(11(8-19)9-20-22)21-17(23)15-7-6-14(25-15)10-24-13-4-2-12(18)3-5-13/h2-7,9H,10H2,1H3,(H,21,23). The molecule has 0 fully saturated rings. The van der Waals surface area contributed by atoms with E-state index in [0.717, 1.165) is 0 Å². The van der Waals surface area contributed by atoms with Gasteiger partial charge in [0.15, 0.2) is 5.76 Å². The molecule has 25 heavy (non-hydrogen) atoms. The van der Waals surface area contributed by atoms with Crippen LogP contribution in [0, 0.1) is 11.3 Å². The summed E-state index contributed by atoms with van der Waals surface area (Å²) in [6.45, 7) is 0.171. The molecular formula is C17H13ClN4O3. The second-order valence-electron chi connectivity index (χ2n) is 5.10. The maximum absolute atomic E-state index is 12.2. The van der Waals surface area contributed by atoms with E-state index in [2.05, 4.69) is 10.4 Å². The molecule has 0 radical (unpaired) electrons. The number of ether oxygens (including phenoxy) is 1. The van der Waals surface area contributed by atoms with Crippen molar-refractivity contribution in [2.45, 2.75) is 6.61 Å². The summed E-state index contributed by atoms with van der Waals surface area (Å²) < 4.78 is 12.4. The zero-order valence-corrected chi connectivity index (χ0v) is 13.9. The Bertz CT molecular complexity index is 938. The van der Waals surface area contributed by atoms with Gasteiger partial charge >= 0.3 is 0 Å². The number of carbonyl (C=O) groups is 1. The average molecular weight is 357 g/mol. The molecule has 3 aromatic rings. The summed E-state index contributed by atoms with van der Waals surface area (Å²) in [6, 6.07) is 12.1. The van der Waals surface area contributed by atoms with Crippen molar-refractivity contribution in [1.29, 1.82) is 5.26 Å². The van der Waals surface area contributed by atoms with Crippen molar-refractivity contribution < 1.29 is 13.9 Å². The first kappa shape index (κ1) is 16.6. The number of hydrogen-bond donors (Lipinski definition) is 1. The molecule has 7 nitrogen and oxygen atoms in total. The molecule has 1 N–H and O–H groups in total. The van der Waals surface area contributed by atoms with Gasteiger partial charge in [-0.2, -0.15) is 10.4 Å². The fourth-order valence-electron chi connectivity index (χ4n) is 2.10. The third kappa shape index (κ3) is 3.82. The van der Waals surface area contributed by atoms with Crippen LogP contribution in [0.4, 0.5) is 5.82 Å². The molecule has 0 spiro atoms. The normalized spacial score (nSPS) is 10.3. The minimum Gasteiger partial charge on any atom is -0.486 e. The van der Waals surface area contributed by atoms with Gasteiger partial charge in [0.25, 0.3) is 5.91 Å². The van der Waals surface area contributed by atoms with Crippen LogP contribution < -0.4 is 10.1 Å². The summed E-state index contributed by atoms with van der Waals surface area (Å²) in [5.41, 5.74) is 0.272. The number of rotatable bonds is 5. The number of nitriles is 1. The lowest BCUT2D eigenvalue weighted by Crippen LogP contribution is -2.14. The molecule has 1 aromatic carbocycles. The monoisotopic (exact) mass is 356 g/mol. The Balaban J connectivity index is 1.64. The number of halogens is 1. The number of aryl methyl sites for hydroxylation is 1. The molecule has 0 aliphatic rings. The molecule has 0 saturated carbocycles. The van der Waals surface area contributed by atoms with E-state index in [-0.39, 0.29) is 17.9 Å². The van der Waals surface area contributed by atoms with E-state index in [9.17, 15) is 4.79 Å². The number of benzene rings is 1. The van der Waals surface area contributed by atoms with Crippen LogP contribution in [0.15, 0.2) is 47.0 Å². The first-order valence-electron chi connectivity index (χ1n) is 7.27. The average Bonchev–Trinajstić information content (AvgIpc) is 3.22. The van der Waals surface area contributed by atoms with Crippen LogP contribution in [0.3, 0.4) is 0 Å². The van der Waals surface area contributed by atoms with E-state index >= 15 is 0 Å². The maximum Gasteiger partial charge on any atom is 0.292 e. The predicted molar refractivity (Wildman–Crippen MR) is 90.4 cm³/mol.